The van der Waals surface area contributed by atoms with E-state index in [4.69, 9.17) is 20.8 Å². The molecular weight excluding hydrogens is 393 g/mol. The Labute approximate surface area is 166 Å². The van der Waals surface area contributed by atoms with Crippen LogP contribution in [0.2, 0.25) is 0 Å². The van der Waals surface area contributed by atoms with Crippen molar-refractivity contribution >= 4 is 17.6 Å². The van der Waals surface area contributed by atoms with Crippen molar-refractivity contribution in [3.8, 4) is 0 Å². The summed E-state index contributed by atoms with van der Waals surface area (Å²) >= 11 is 5.30. The highest BCUT2D eigenvalue weighted by molar-refractivity contribution is 6.30. The number of carbonyl (C=O) groups is 1. The number of alkyl halides is 3. The standard InChI is InChI=1S/C21H20ClF3O3/c1-20(2)16(10-17(22)21(23,24)25)18(20)19(26)28-12-14-9-15(27-11-14)8-13-6-4-3-5-7-13/h3-7,9-11,16,18H,8,12H2,1-2H3/b17-10+/t16-,18-/m0/s1. The number of esters is 1. The van der Waals surface area contributed by atoms with Crippen molar-refractivity contribution in [1.82, 2.24) is 0 Å². The van der Waals surface area contributed by atoms with Crippen LogP contribution in [0, 0.1) is 17.3 Å². The van der Waals surface area contributed by atoms with Crippen LogP contribution in [0.15, 0.2) is 58.2 Å². The predicted octanol–water partition coefficient (Wildman–Crippen LogP) is 5.87. The van der Waals surface area contributed by atoms with Crippen LogP contribution < -0.4 is 0 Å². The summed E-state index contributed by atoms with van der Waals surface area (Å²) in [6.07, 6.45) is -1.57. The molecule has 1 aromatic carbocycles. The van der Waals surface area contributed by atoms with E-state index in [1.54, 1.807) is 19.9 Å². The summed E-state index contributed by atoms with van der Waals surface area (Å²) in [4.78, 5) is 12.3. The number of ether oxygens (including phenoxy) is 1. The minimum Gasteiger partial charge on any atom is -0.469 e. The third-order valence-corrected chi connectivity index (χ3v) is 5.41. The smallest absolute Gasteiger partial charge is 0.426 e. The van der Waals surface area contributed by atoms with Crippen molar-refractivity contribution < 1.29 is 27.1 Å². The number of allylic oxidation sites excluding steroid dienone is 2. The first-order valence-corrected chi connectivity index (χ1v) is 9.18. The molecule has 1 heterocycles. The molecule has 1 aliphatic rings. The lowest BCUT2D eigenvalue weighted by Crippen LogP contribution is -2.10. The average Bonchev–Trinajstić information content (AvgIpc) is 2.94. The molecule has 0 spiro atoms. The van der Waals surface area contributed by atoms with E-state index in [0.717, 1.165) is 17.4 Å². The maximum absolute atomic E-state index is 12.6. The van der Waals surface area contributed by atoms with Gasteiger partial charge in [-0.05, 0) is 23.0 Å². The Balaban J connectivity index is 1.56. The van der Waals surface area contributed by atoms with Gasteiger partial charge in [0.05, 0.1) is 12.2 Å². The Hall–Kier alpha value is -2.21. The van der Waals surface area contributed by atoms with Crippen LogP contribution in [0.3, 0.4) is 0 Å². The molecular formula is C21H20ClF3O3. The van der Waals surface area contributed by atoms with Gasteiger partial charge >= 0.3 is 12.1 Å². The quantitative estimate of drug-likeness (QED) is 0.557. The molecule has 7 heteroatoms. The summed E-state index contributed by atoms with van der Waals surface area (Å²) in [5.74, 6) is -1.06. The number of hydrogen-bond acceptors (Lipinski definition) is 3. The molecule has 0 aliphatic heterocycles. The summed E-state index contributed by atoms with van der Waals surface area (Å²) in [7, 11) is 0. The van der Waals surface area contributed by atoms with Gasteiger partial charge in [0.2, 0.25) is 0 Å². The molecule has 0 saturated heterocycles. The van der Waals surface area contributed by atoms with Gasteiger partial charge in [-0.25, -0.2) is 0 Å². The topological polar surface area (TPSA) is 39.4 Å². The first-order chi connectivity index (χ1) is 13.1. The van der Waals surface area contributed by atoms with Crippen molar-refractivity contribution in [2.45, 2.75) is 33.1 Å². The van der Waals surface area contributed by atoms with Crippen LogP contribution >= 0.6 is 11.6 Å². The van der Waals surface area contributed by atoms with Crippen LogP contribution in [0.4, 0.5) is 13.2 Å². The van der Waals surface area contributed by atoms with E-state index in [1.807, 2.05) is 30.3 Å². The molecule has 2 aromatic rings. The highest BCUT2D eigenvalue weighted by Gasteiger charge is 2.62. The molecule has 1 fully saturated rings. The van der Waals surface area contributed by atoms with Crippen LogP contribution in [0.5, 0.6) is 0 Å². The van der Waals surface area contributed by atoms with Crippen molar-refractivity contribution in [2.75, 3.05) is 0 Å². The Morgan fingerprint density at radius 2 is 1.93 bits per heavy atom. The summed E-state index contributed by atoms with van der Waals surface area (Å²) in [6.45, 7) is 3.44. The third-order valence-electron chi connectivity index (χ3n) is 5.07. The van der Waals surface area contributed by atoms with Gasteiger partial charge in [0.25, 0.3) is 0 Å². The summed E-state index contributed by atoms with van der Waals surface area (Å²) in [5, 5.41) is -1.21. The first kappa shape index (κ1) is 20.5. The van der Waals surface area contributed by atoms with Gasteiger partial charge in [-0.2, -0.15) is 13.2 Å². The number of carbonyl (C=O) groups excluding carboxylic acids is 1. The average molecular weight is 413 g/mol. The monoisotopic (exact) mass is 412 g/mol. The highest BCUT2D eigenvalue weighted by Crippen LogP contribution is 2.60. The van der Waals surface area contributed by atoms with E-state index in [0.29, 0.717) is 12.0 Å². The van der Waals surface area contributed by atoms with E-state index in [9.17, 15) is 18.0 Å². The second-order valence-corrected chi connectivity index (χ2v) is 7.94. The lowest BCUT2D eigenvalue weighted by molar-refractivity contribution is -0.147. The molecule has 1 aromatic heterocycles. The SMILES string of the molecule is CC1(C)[C@H](C(=O)OCc2coc(Cc3ccccc3)c2)[C@@H]1/C=C(/Cl)C(F)(F)F. The molecule has 0 bridgehead atoms. The maximum atomic E-state index is 12.6. The Morgan fingerprint density at radius 1 is 1.25 bits per heavy atom. The second-order valence-electron chi connectivity index (χ2n) is 7.53. The minimum absolute atomic E-state index is 0.00708. The van der Waals surface area contributed by atoms with Gasteiger partial charge < -0.3 is 9.15 Å². The molecule has 150 valence electrons. The number of benzene rings is 1. The fourth-order valence-corrected chi connectivity index (χ4v) is 3.46. The van der Waals surface area contributed by atoms with Gasteiger partial charge in [0.1, 0.15) is 17.4 Å². The fourth-order valence-electron chi connectivity index (χ4n) is 3.33. The Kier molecular flexibility index (Phi) is 5.62. The number of halogens is 4. The molecule has 2 atom stereocenters. The molecule has 3 nitrogen and oxygen atoms in total. The van der Waals surface area contributed by atoms with Gasteiger partial charge in [-0.3, -0.25) is 4.79 Å². The number of rotatable bonds is 6. The van der Waals surface area contributed by atoms with Crippen molar-refractivity contribution in [3.05, 3.63) is 70.7 Å². The third kappa shape index (κ3) is 4.61. The lowest BCUT2D eigenvalue weighted by Gasteiger charge is -2.04. The van der Waals surface area contributed by atoms with Crippen molar-refractivity contribution in [2.24, 2.45) is 17.3 Å². The predicted molar refractivity (Wildman–Crippen MR) is 98.5 cm³/mol. The second kappa shape index (κ2) is 7.66. The normalized spacial score (nSPS) is 21.4. The van der Waals surface area contributed by atoms with E-state index in [1.165, 1.54) is 6.26 Å². The van der Waals surface area contributed by atoms with Crippen LogP contribution in [0.1, 0.15) is 30.7 Å². The van der Waals surface area contributed by atoms with Crippen molar-refractivity contribution in [1.29, 1.82) is 0 Å². The molecule has 28 heavy (non-hydrogen) atoms. The summed E-state index contributed by atoms with van der Waals surface area (Å²) in [5.41, 5.74) is 1.16. The first-order valence-electron chi connectivity index (χ1n) is 8.80. The molecule has 1 aliphatic carbocycles. The highest BCUT2D eigenvalue weighted by atomic mass is 35.5. The minimum atomic E-state index is -4.61. The van der Waals surface area contributed by atoms with Gasteiger partial charge in [-0.1, -0.05) is 61.9 Å². The Bertz CT molecular complexity index is 869. The van der Waals surface area contributed by atoms with Crippen LogP contribution in [-0.4, -0.2) is 12.1 Å². The number of furan rings is 1. The van der Waals surface area contributed by atoms with Gasteiger partial charge in [0, 0.05) is 12.0 Å². The Morgan fingerprint density at radius 3 is 2.57 bits per heavy atom. The molecule has 3 rings (SSSR count). The molecule has 1 saturated carbocycles. The van der Waals surface area contributed by atoms with E-state index >= 15 is 0 Å². The molecule has 0 N–H and O–H groups in total. The van der Waals surface area contributed by atoms with Gasteiger partial charge in [-0.15, -0.1) is 0 Å². The van der Waals surface area contributed by atoms with Crippen LogP contribution in [0.25, 0.3) is 0 Å². The van der Waals surface area contributed by atoms with E-state index < -0.39 is 34.4 Å². The molecule has 0 amide bonds. The zero-order valence-corrected chi connectivity index (χ0v) is 16.2. The van der Waals surface area contributed by atoms with Gasteiger partial charge in [0.15, 0.2) is 0 Å². The summed E-state index contributed by atoms with van der Waals surface area (Å²) < 4.78 is 48.6. The van der Waals surface area contributed by atoms with Crippen LogP contribution in [-0.2, 0) is 22.6 Å². The lowest BCUT2D eigenvalue weighted by atomic mass is 10.1. The largest absolute Gasteiger partial charge is 0.469 e. The zero-order valence-electron chi connectivity index (χ0n) is 15.4. The summed E-state index contributed by atoms with van der Waals surface area (Å²) in [6, 6.07) is 11.6. The molecule has 0 radical (unpaired) electrons. The van der Waals surface area contributed by atoms with E-state index in [-0.39, 0.29) is 6.61 Å². The van der Waals surface area contributed by atoms with Crippen molar-refractivity contribution in [3.63, 3.8) is 0 Å². The molecule has 0 unspecified atom stereocenters. The van der Waals surface area contributed by atoms with E-state index in [2.05, 4.69) is 0 Å². The number of hydrogen-bond donors (Lipinski definition) is 0. The fraction of sp³-hybridized carbons (Fsp3) is 0.381. The maximum Gasteiger partial charge on any atom is 0.426 e. The zero-order chi connectivity index (χ0) is 20.5.